The van der Waals surface area contributed by atoms with Gasteiger partial charge in [-0.25, -0.2) is 4.98 Å². The Balaban J connectivity index is 2.11. The summed E-state index contributed by atoms with van der Waals surface area (Å²) in [5, 5.41) is 22.1. The van der Waals surface area contributed by atoms with Gasteiger partial charge in [-0.15, -0.1) is 0 Å². The molecule has 1 heterocycles. The van der Waals surface area contributed by atoms with Crippen LogP contribution in [-0.4, -0.2) is 19.8 Å². The average Bonchev–Trinajstić information content (AvgIpc) is 2.88. The fourth-order valence-corrected chi connectivity index (χ4v) is 2.30. The van der Waals surface area contributed by atoms with E-state index < -0.39 is 21.2 Å². The molecule has 0 fully saturated rings. The van der Waals surface area contributed by atoms with Gasteiger partial charge in [-0.2, -0.15) is 0 Å². The fraction of sp³-hybridized carbons (Fsp3) is 0.0714. The molecule has 1 aromatic heterocycles. The summed E-state index contributed by atoms with van der Waals surface area (Å²) in [7, 11) is 0. The lowest BCUT2D eigenvalue weighted by molar-refractivity contribution is -0.421. The van der Waals surface area contributed by atoms with Crippen molar-refractivity contribution in [2.24, 2.45) is 0 Å². The molecule has 0 bridgehead atoms. The second-order valence-electron chi connectivity index (χ2n) is 4.69. The Hall–Kier alpha value is -3.29. The number of aromatic amines is 1. The number of benzene rings is 2. The number of H-pyrrole nitrogens is 1. The predicted octanol–water partition coefficient (Wildman–Crippen LogP) is 2.97. The molecule has 110 valence electrons. The number of fused-ring (bicyclic) bond motifs is 1. The molecule has 0 aliphatic carbocycles. The monoisotopic (exact) mass is 298 g/mol. The van der Waals surface area contributed by atoms with Crippen LogP contribution in [0, 0.1) is 20.2 Å². The number of nitro benzene ring substituents is 2. The van der Waals surface area contributed by atoms with Gasteiger partial charge in [0.15, 0.2) is 5.52 Å². The highest BCUT2D eigenvalue weighted by Crippen LogP contribution is 2.33. The summed E-state index contributed by atoms with van der Waals surface area (Å²) in [6.45, 7) is 0. The van der Waals surface area contributed by atoms with Crippen molar-refractivity contribution in [1.29, 1.82) is 0 Å². The molecule has 0 spiro atoms. The summed E-state index contributed by atoms with van der Waals surface area (Å²) in [6.07, 6.45) is 0.459. The molecule has 0 aliphatic rings. The van der Waals surface area contributed by atoms with Gasteiger partial charge in [-0.3, -0.25) is 20.2 Å². The Morgan fingerprint density at radius 3 is 2.36 bits per heavy atom. The van der Waals surface area contributed by atoms with Gasteiger partial charge in [-0.1, -0.05) is 30.3 Å². The molecular formula is C14H10N4O4. The summed E-state index contributed by atoms with van der Waals surface area (Å²) >= 11 is 0. The van der Waals surface area contributed by atoms with Crippen molar-refractivity contribution < 1.29 is 9.85 Å². The molecule has 8 nitrogen and oxygen atoms in total. The van der Waals surface area contributed by atoms with Crippen molar-refractivity contribution in [3.8, 4) is 0 Å². The Kier molecular flexibility index (Phi) is 3.26. The zero-order chi connectivity index (χ0) is 15.7. The zero-order valence-corrected chi connectivity index (χ0v) is 11.2. The quantitative estimate of drug-likeness (QED) is 0.587. The first-order valence-corrected chi connectivity index (χ1v) is 6.40. The van der Waals surface area contributed by atoms with Crippen LogP contribution < -0.4 is 0 Å². The Morgan fingerprint density at radius 2 is 1.73 bits per heavy atom. The second-order valence-corrected chi connectivity index (χ2v) is 4.69. The number of nitrogens with one attached hydrogen (secondary N) is 1. The molecule has 0 atom stereocenters. The molecule has 3 aromatic rings. The third-order valence-electron chi connectivity index (χ3n) is 3.25. The number of aromatic nitrogens is 2. The SMILES string of the molecule is O=[N+]([O-])c1ccc2[nH]c(Cc3ccccc3)nc2c1[N+](=O)[O-]. The third-order valence-corrected chi connectivity index (χ3v) is 3.25. The Labute approximate surface area is 123 Å². The van der Waals surface area contributed by atoms with Gasteiger partial charge < -0.3 is 4.98 Å². The standard InChI is InChI=1S/C14H10N4O4/c19-17(20)11-7-6-10-13(14(11)18(21)22)16-12(15-10)8-9-4-2-1-3-5-9/h1-7H,8H2,(H,15,16). The van der Waals surface area contributed by atoms with Gasteiger partial charge in [0.1, 0.15) is 5.82 Å². The second kappa shape index (κ2) is 5.24. The Morgan fingerprint density at radius 1 is 1.00 bits per heavy atom. The highest BCUT2D eigenvalue weighted by molar-refractivity contribution is 5.89. The van der Waals surface area contributed by atoms with E-state index in [1.54, 1.807) is 0 Å². The summed E-state index contributed by atoms with van der Waals surface area (Å²) in [5.41, 5.74) is 0.250. The minimum atomic E-state index is -0.775. The van der Waals surface area contributed by atoms with E-state index in [0.29, 0.717) is 17.8 Å². The lowest BCUT2D eigenvalue weighted by Crippen LogP contribution is -1.97. The van der Waals surface area contributed by atoms with Gasteiger partial charge in [-0.05, 0) is 11.6 Å². The number of hydrogen-bond donors (Lipinski definition) is 1. The number of nitrogens with zero attached hydrogens (tertiary/aromatic N) is 3. The van der Waals surface area contributed by atoms with Crippen LogP contribution in [-0.2, 0) is 6.42 Å². The largest absolute Gasteiger partial charge is 0.373 e. The summed E-state index contributed by atoms with van der Waals surface area (Å²) < 4.78 is 0. The maximum absolute atomic E-state index is 11.2. The van der Waals surface area contributed by atoms with Gasteiger partial charge in [0.25, 0.3) is 0 Å². The van der Waals surface area contributed by atoms with Gasteiger partial charge in [0.2, 0.25) is 0 Å². The van der Waals surface area contributed by atoms with E-state index in [4.69, 9.17) is 0 Å². The Bertz CT molecular complexity index is 873. The van der Waals surface area contributed by atoms with Crippen molar-refractivity contribution in [2.75, 3.05) is 0 Å². The molecule has 3 rings (SSSR count). The van der Waals surface area contributed by atoms with E-state index in [-0.39, 0.29) is 5.52 Å². The van der Waals surface area contributed by atoms with Crippen molar-refractivity contribution >= 4 is 22.4 Å². The number of imidazole rings is 1. The first kappa shape index (κ1) is 13.7. The van der Waals surface area contributed by atoms with Crippen LogP contribution >= 0.6 is 0 Å². The zero-order valence-electron chi connectivity index (χ0n) is 11.2. The third kappa shape index (κ3) is 2.37. The van der Waals surface area contributed by atoms with Crippen molar-refractivity contribution in [3.63, 3.8) is 0 Å². The highest BCUT2D eigenvalue weighted by atomic mass is 16.6. The molecule has 0 amide bonds. The number of hydrogen-bond acceptors (Lipinski definition) is 5. The van der Waals surface area contributed by atoms with Gasteiger partial charge in [0, 0.05) is 12.5 Å². The molecule has 22 heavy (non-hydrogen) atoms. The van der Waals surface area contributed by atoms with E-state index in [1.807, 2.05) is 30.3 Å². The molecule has 0 unspecified atom stereocenters. The van der Waals surface area contributed by atoms with E-state index in [0.717, 1.165) is 11.6 Å². The molecule has 0 radical (unpaired) electrons. The van der Waals surface area contributed by atoms with Crippen molar-refractivity contribution in [1.82, 2.24) is 9.97 Å². The summed E-state index contributed by atoms with van der Waals surface area (Å²) in [4.78, 5) is 27.7. The van der Waals surface area contributed by atoms with E-state index in [1.165, 1.54) is 6.07 Å². The normalized spacial score (nSPS) is 10.7. The topological polar surface area (TPSA) is 115 Å². The van der Waals surface area contributed by atoms with Gasteiger partial charge in [0.05, 0.1) is 15.4 Å². The van der Waals surface area contributed by atoms with Crippen molar-refractivity contribution in [3.05, 3.63) is 74.1 Å². The van der Waals surface area contributed by atoms with E-state index >= 15 is 0 Å². The van der Waals surface area contributed by atoms with Crippen LogP contribution in [0.4, 0.5) is 11.4 Å². The van der Waals surface area contributed by atoms with E-state index in [2.05, 4.69) is 9.97 Å². The van der Waals surface area contributed by atoms with Crippen molar-refractivity contribution in [2.45, 2.75) is 6.42 Å². The lowest BCUT2D eigenvalue weighted by atomic mass is 10.1. The summed E-state index contributed by atoms with van der Waals surface area (Å²) in [5.74, 6) is 0.518. The molecule has 1 N–H and O–H groups in total. The molecule has 0 aliphatic heterocycles. The maximum Gasteiger partial charge on any atom is 0.373 e. The molecular weight excluding hydrogens is 288 g/mol. The molecule has 2 aromatic carbocycles. The van der Waals surface area contributed by atoms with Crippen LogP contribution in [0.3, 0.4) is 0 Å². The first-order chi connectivity index (χ1) is 10.6. The lowest BCUT2D eigenvalue weighted by Gasteiger charge is -1.96. The molecule has 8 heteroatoms. The molecule has 0 saturated heterocycles. The number of nitro groups is 2. The number of rotatable bonds is 4. The predicted molar refractivity (Wildman–Crippen MR) is 78.7 cm³/mol. The van der Waals surface area contributed by atoms with Crippen LogP contribution in [0.2, 0.25) is 0 Å². The van der Waals surface area contributed by atoms with Crippen LogP contribution in [0.5, 0.6) is 0 Å². The average molecular weight is 298 g/mol. The van der Waals surface area contributed by atoms with E-state index in [9.17, 15) is 20.2 Å². The van der Waals surface area contributed by atoms with Crippen LogP contribution in [0.25, 0.3) is 11.0 Å². The first-order valence-electron chi connectivity index (χ1n) is 6.40. The van der Waals surface area contributed by atoms with Gasteiger partial charge >= 0.3 is 11.4 Å². The maximum atomic E-state index is 11.2. The molecule has 0 saturated carbocycles. The van der Waals surface area contributed by atoms with Crippen LogP contribution in [0.1, 0.15) is 11.4 Å². The van der Waals surface area contributed by atoms with Crippen LogP contribution in [0.15, 0.2) is 42.5 Å². The smallest absolute Gasteiger partial charge is 0.341 e. The summed E-state index contributed by atoms with van der Waals surface area (Å²) in [6, 6.07) is 12.0. The minimum Gasteiger partial charge on any atom is -0.341 e. The highest BCUT2D eigenvalue weighted by Gasteiger charge is 2.29. The minimum absolute atomic E-state index is 0.00475. The fourth-order valence-electron chi connectivity index (χ4n) is 2.30.